The Labute approximate surface area is 127 Å². The van der Waals surface area contributed by atoms with Gasteiger partial charge < -0.3 is 9.47 Å². The predicted octanol–water partition coefficient (Wildman–Crippen LogP) is 1.88. The number of benzene rings is 1. The summed E-state index contributed by atoms with van der Waals surface area (Å²) < 4.78 is 55.8. The Balaban J connectivity index is 2.33. The maximum Gasteiger partial charge on any atom is 0.256 e. The van der Waals surface area contributed by atoms with E-state index < -0.39 is 22.1 Å². The first-order valence-electron chi connectivity index (χ1n) is 7.42. The molecule has 0 aromatic heterocycles. The van der Waals surface area contributed by atoms with Crippen molar-refractivity contribution in [2.24, 2.45) is 5.92 Å². The zero-order chi connectivity index (χ0) is 17.3. The summed E-state index contributed by atoms with van der Waals surface area (Å²) in [6, 6.07) is 3.37. The smallest absolute Gasteiger partial charge is 0.256 e. The molecule has 0 aliphatic carbocycles. The third-order valence-electron chi connectivity index (χ3n) is 3.11. The van der Waals surface area contributed by atoms with E-state index in [1.807, 2.05) is 0 Å². The average Bonchev–Trinajstić information content (AvgIpc) is 2.88. The van der Waals surface area contributed by atoms with Gasteiger partial charge in [0.05, 0.1) is 34.0 Å². The van der Waals surface area contributed by atoms with E-state index >= 15 is 0 Å². The summed E-state index contributed by atoms with van der Waals surface area (Å²) in [5.41, 5.74) is -0.300. The van der Waals surface area contributed by atoms with Gasteiger partial charge in [-0.1, -0.05) is 0 Å². The van der Waals surface area contributed by atoms with Gasteiger partial charge in [0.15, 0.2) is 9.84 Å². The first-order chi connectivity index (χ1) is 10.6. The van der Waals surface area contributed by atoms with Gasteiger partial charge in [-0.15, -0.1) is 0 Å². The molecule has 1 atom stereocenters. The molecule has 0 saturated carbocycles. The highest BCUT2D eigenvalue weighted by Gasteiger charge is 2.26. The van der Waals surface area contributed by atoms with E-state index in [0.717, 1.165) is 12.1 Å². The molecule has 0 amide bonds. The Kier molecular flexibility index (Phi) is 3.53. The van der Waals surface area contributed by atoms with E-state index in [-0.39, 0.29) is 27.9 Å². The number of ether oxygens (including phenoxy) is 2. The molecule has 0 N–H and O–H groups in total. The van der Waals surface area contributed by atoms with Crippen LogP contribution in [0.25, 0.3) is 0 Å². The molecular weight excluding hydrogens is 304 g/mol. The van der Waals surface area contributed by atoms with Gasteiger partial charge in [-0.05, 0) is 42.1 Å². The monoisotopic (exact) mass is 321 g/mol. The van der Waals surface area contributed by atoms with E-state index in [4.69, 9.17) is 20.5 Å². The maximum absolute atomic E-state index is 12.4. The molecule has 20 heavy (non-hydrogen) atoms. The summed E-state index contributed by atoms with van der Waals surface area (Å²) in [6.45, 7) is 0.901. The normalized spacial score (nSPS) is 21.9. The van der Waals surface area contributed by atoms with Crippen LogP contribution in [0.15, 0.2) is 23.1 Å². The number of carbonyl (C=O) groups is 1. The Bertz CT molecular complexity index is 696. The van der Waals surface area contributed by atoms with Crippen molar-refractivity contribution in [1.82, 2.24) is 0 Å². The van der Waals surface area contributed by atoms with Gasteiger partial charge in [-0.2, -0.15) is 0 Å². The van der Waals surface area contributed by atoms with Crippen molar-refractivity contribution in [1.29, 1.82) is 0 Å². The summed E-state index contributed by atoms with van der Waals surface area (Å²) in [5.74, 6) is -0.496. The SMILES string of the molecule is [2H]C([2H])([2H])Oc1ccc(S(=O)(=O)C[C@H]2CCOC2)cc1C(=O)Cl. The van der Waals surface area contributed by atoms with Crippen LogP contribution in [0.2, 0.25) is 0 Å². The van der Waals surface area contributed by atoms with Crippen LogP contribution in [-0.4, -0.2) is 39.7 Å². The molecule has 1 aliphatic heterocycles. The number of sulfone groups is 1. The topological polar surface area (TPSA) is 69.7 Å². The fourth-order valence-corrected chi connectivity index (χ4v) is 3.86. The second-order valence-corrected chi connectivity index (χ2v) is 6.92. The summed E-state index contributed by atoms with van der Waals surface area (Å²) >= 11 is 5.41. The fourth-order valence-electron chi connectivity index (χ4n) is 2.07. The number of methoxy groups -OCH3 is 1. The minimum absolute atomic E-state index is 0.103. The Morgan fingerprint density at radius 3 is 3.00 bits per heavy atom. The van der Waals surface area contributed by atoms with E-state index in [2.05, 4.69) is 4.74 Å². The highest BCUT2D eigenvalue weighted by molar-refractivity contribution is 7.91. The lowest BCUT2D eigenvalue weighted by molar-refractivity contribution is 0.107. The molecule has 1 aromatic rings. The third kappa shape index (κ3) is 3.31. The lowest BCUT2D eigenvalue weighted by Gasteiger charge is -2.11. The summed E-state index contributed by atoms with van der Waals surface area (Å²) in [6.07, 6.45) is 0.654. The highest BCUT2D eigenvalue weighted by Crippen LogP contribution is 2.26. The van der Waals surface area contributed by atoms with Crippen molar-refractivity contribution >= 4 is 26.7 Å². The van der Waals surface area contributed by atoms with Crippen LogP contribution in [0.5, 0.6) is 5.75 Å². The van der Waals surface area contributed by atoms with Crippen LogP contribution in [0.3, 0.4) is 0 Å². The third-order valence-corrected chi connectivity index (χ3v) is 5.20. The molecule has 110 valence electrons. The van der Waals surface area contributed by atoms with E-state index in [0.29, 0.717) is 19.6 Å². The molecule has 0 unspecified atom stereocenters. The summed E-state index contributed by atoms with van der Waals surface area (Å²) in [7, 11) is -6.42. The lowest BCUT2D eigenvalue weighted by atomic mass is 10.2. The van der Waals surface area contributed by atoms with Crippen LogP contribution < -0.4 is 4.74 Å². The van der Waals surface area contributed by atoms with Gasteiger partial charge in [0.25, 0.3) is 5.24 Å². The van der Waals surface area contributed by atoms with E-state index in [1.165, 1.54) is 6.07 Å². The minimum atomic E-state index is -3.65. The Morgan fingerprint density at radius 2 is 2.40 bits per heavy atom. The summed E-state index contributed by atoms with van der Waals surface area (Å²) in [5, 5.41) is -0.995. The van der Waals surface area contributed by atoms with E-state index in [9.17, 15) is 13.2 Å². The van der Waals surface area contributed by atoms with Gasteiger partial charge in [0.2, 0.25) is 0 Å². The van der Waals surface area contributed by atoms with Crippen molar-refractivity contribution < 1.29 is 26.8 Å². The van der Waals surface area contributed by atoms with Crippen molar-refractivity contribution in [3.05, 3.63) is 23.8 Å². The Morgan fingerprint density at radius 1 is 1.60 bits per heavy atom. The summed E-state index contributed by atoms with van der Waals surface area (Å²) in [4.78, 5) is 11.4. The van der Waals surface area contributed by atoms with Crippen molar-refractivity contribution in [3.8, 4) is 5.75 Å². The largest absolute Gasteiger partial charge is 0.496 e. The molecule has 0 spiro atoms. The Hall–Kier alpha value is -1.11. The molecule has 5 nitrogen and oxygen atoms in total. The molecule has 0 bridgehead atoms. The van der Waals surface area contributed by atoms with Crippen molar-refractivity contribution in [2.75, 3.05) is 26.0 Å². The van der Waals surface area contributed by atoms with Crippen molar-refractivity contribution in [3.63, 3.8) is 0 Å². The molecule has 0 radical (unpaired) electrons. The fraction of sp³-hybridized carbons (Fsp3) is 0.462. The van der Waals surface area contributed by atoms with Gasteiger partial charge in [0.1, 0.15) is 5.75 Å². The van der Waals surface area contributed by atoms with Gasteiger partial charge in [-0.25, -0.2) is 8.42 Å². The molecular formula is C13H15ClO5S. The van der Waals surface area contributed by atoms with Crippen LogP contribution in [0.4, 0.5) is 0 Å². The zero-order valence-corrected chi connectivity index (χ0v) is 12.0. The highest BCUT2D eigenvalue weighted by atomic mass is 35.5. The standard InChI is InChI=1S/C13H15ClO5S/c1-18-12-3-2-10(6-11(12)13(14)15)20(16,17)8-9-4-5-19-7-9/h2-3,6,9H,4-5,7-8H2,1H3/t9-/m0/s1/i1D3. The van der Waals surface area contributed by atoms with Crippen LogP contribution >= 0.6 is 11.6 Å². The molecule has 1 aliphatic rings. The predicted molar refractivity (Wildman–Crippen MR) is 74.2 cm³/mol. The molecule has 1 fully saturated rings. The van der Waals surface area contributed by atoms with Gasteiger partial charge in [-0.3, -0.25) is 4.79 Å². The van der Waals surface area contributed by atoms with E-state index in [1.54, 1.807) is 0 Å². The second-order valence-electron chi connectivity index (χ2n) is 4.54. The number of rotatable bonds is 5. The molecule has 1 aromatic carbocycles. The van der Waals surface area contributed by atoms with Crippen LogP contribution in [0.1, 0.15) is 20.9 Å². The minimum Gasteiger partial charge on any atom is -0.496 e. The van der Waals surface area contributed by atoms with Crippen LogP contribution in [0, 0.1) is 5.92 Å². The quantitative estimate of drug-likeness (QED) is 0.774. The molecule has 1 saturated heterocycles. The van der Waals surface area contributed by atoms with Gasteiger partial charge in [0, 0.05) is 6.61 Å². The van der Waals surface area contributed by atoms with Gasteiger partial charge >= 0.3 is 0 Å². The molecule has 1 heterocycles. The second kappa shape index (κ2) is 6.11. The zero-order valence-electron chi connectivity index (χ0n) is 13.5. The molecule has 2 rings (SSSR count). The first-order valence-corrected chi connectivity index (χ1v) is 7.95. The number of halogens is 1. The molecule has 7 heteroatoms. The number of hydrogen-bond donors (Lipinski definition) is 0. The lowest BCUT2D eigenvalue weighted by Crippen LogP contribution is -2.17. The van der Waals surface area contributed by atoms with Crippen molar-refractivity contribution in [2.45, 2.75) is 11.3 Å². The van der Waals surface area contributed by atoms with Crippen LogP contribution in [-0.2, 0) is 14.6 Å². The average molecular weight is 322 g/mol. The number of hydrogen-bond acceptors (Lipinski definition) is 5. The first kappa shape index (κ1) is 11.5. The number of carbonyl (C=O) groups excluding carboxylic acids is 1. The maximum atomic E-state index is 12.4.